The zero-order valence-corrected chi connectivity index (χ0v) is 12.5. The Labute approximate surface area is 124 Å². The summed E-state index contributed by atoms with van der Waals surface area (Å²) in [5, 5.41) is 2.91. The van der Waals surface area contributed by atoms with E-state index in [0.717, 1.165) is 25.9 Å². The molecule has 1 aromatic rings. The molecule has 2 heterocycles. The van der Waals surface area contributed by atoms with Crippen molar-refractivity contribution in [1.29, 1.82) is 0 Å². The third kappa shape index (κ3) is 4.17. The van der Waals surface area contributed by atoms with Crippen LogP contribution in [0.2, 0.25) is 0 Å². The fraction of sp³-hybridized carbons (Fsp3) is 0.692. The summed E-state index contributed by atoms with van der Waals surface area (Å²) in [4.78, 5) is 25.9. The number of hydrogen-bond acceptors (Lipinski definition) is 7. The number of nitrogens with one attached hydrogen (secondary N) is 1. The topological polar surface area (TPSA) is 106 Å². The maximum Gasteiger partial charge on any atom is 0.323 e. The molecule has 1 amide bonds. The monoisotopic (exact) mass is 294 g/mol. The number of carbonyl (C=O) groups excluding carboxylic acids is 1. The SMILES string of the molecule is CCOc1nc(NC)nc(N2CCC(CC(N)=O)CC2)n1. The second-order valence-corrected chi connectivity index (χ2v) is 5.03. The number of aromatic nitrogens is 3. The molecule has 8 nitrogen and oxygen atoms in total. The standard InChI is InChI=1S/C13H22N6O2/c1-3-21-13-17-11(15-2)16-12(18-13)19-6-4-9(5-7-19)8-10(14)20/h9H,3-8H2,1-2H3,(H2,14,20)(H,15,16,17,18). The minimum atomic E-state index is -0.232. The highest BCUT2D eigenvalue weighted by Crippen LogP contribution is 2.24. The first kappa shape index (κ1) is 15.3. The van der Waals surface area contributed by atoms with Crippen molar-refractivity contribution < 1.29 is 9.53 Å². The number of piperidine rings is 1. The summed E-state index contributed by atoms with van der Waals surface area (Å²) < 4.78 is 5.36. The van der Waals surface area contributed by atoms with Crippen molar-refractivity contribution in [3.05, 3.63) is 0 Å². The molecular formula is C13H22N6O2. The maximum atomic E-state index is 11.0. The molecular weight excluding hydrogens is 272 g/mol. The molecule has 0 aromatic carbocycles. The predicted octanol–water partition coefficient (Wildman–Crippen LogP) is 0.404. The predicted molar refractivity (Wildman–Crippen MR) is 79.3 cm³/mol. The Balaban J connectivity index is 2.05. The summed E-state index contributed by atoms with van der Waals surface area (Å²) in [5.41, 5.74) is 5.25. The van der Waals surface area contributed by atoms with Crippen LogP contribution >= 0.6 is 0 Å². The number of amides is 1. The Morgan fingerprint density at radius 1 is 1.38 bits per heavy atom. The van der Waals surface area contributed by atoms with E-state index in [0.29, 0.717) is 36.9 Å². The summed E-state index contributed by atoms with van der Waals surface area (Å²) in [5.74, 6) is 1.22. The highest BCUT2D eigenvalue weighted by atomic mass is 16.5. The zero-order valence-electron chi connectivity index (χ0n) is 12.5. The highest BCUT2D eigenvalue weighted by Gasteiger charge is 2.23. The molecule has 21 heavy (non-hydrogen) atoms. The fourth-order valence-corrected chi connectivity index (χ4v) is 2.41. The first-order valence-corrected chi connectivity index (χ1v) is 7.22. The van der Waals surface area contributed by atoms with Crippen molar-refractivity contribution in [3.63, 3.8) is 0 Å². The van der Waals surface area contributed by atoms with Crippen LogP contribution in [0.1, 0.15) is 26.2 Å². The number of nitrogens with two attached hydrogens (primary N) is 1. The number of carbonyl (C=O) groups is 1. The molecule has 1 aromatic heterocycles. The molecule has 0 aliphatic carbocycles. The van der Waals surface area contributed by atoms with Crippen LogP contribution in [0.15, 0.2) is 0 Å². The molecule has 0 saturated carbocycles. The molecule has 0 radical (unpaired) electrons. The van der Waals surface area contributed by atoms with E-state index in [-0.39, 0.29) is 5.91 Å². The molecule has 1 aliphatic rings. The van der Waals surface area contributed by atoms with Crippen molar-refractivity contribution >= 4 is 17.8 Å². The van der Waals surface area contributed by atoms with Gasteiger partial charge in [-0.1, -0.05) is 0 Å². The van der Waals surface area contributed by atoms with Gasteiger partial charge in [-0.3, -0.25) is 4.79 Å². The summed E-state index contributed by atoms with van der Waals surface area (Å²) in [6, 6.07) is 0.325. The van der Waals surface area contributed by atoms with Crippen LogP contribution in [0.4, 0.5) is 11.9 Å². The van der Waals surface area contributed by atoms with Crippen molar-refractivity contribution in [2.24, 2.45) is 11.7 Å². The van der Waals surface area contributed by atoms with Crippen LogP contribution in [0.25, 0.3) is 0 Å². The van der Waals surface area contributed by atoms with Gasteiger partial charge in [0.05, 0.1) is 6.61 Å². The summed E-state index contributed by atoms with van der Waals surface area (Å²) in [6.07, 6.45) is 2.28. The lowest BCUT2D eigenvalue weighted by Gasteiger charge is -2.31. The highest BCUT2D eigenvalue weighted by molar-refractivity contribution is 5.74. The van der Waals surface area contributed by atoms with Gasteiger partial charge in [0, 0.05) is 26.6 Å². The minimum absolute atomic E-state index is 0.232. The maximum absolute atomic E-state index is 11.0. The van der Waals surface area contributed by atoms with Gasteiger partial charge in [0.25, 0.3) is 0 Å². The van der Waals surface area contributed by atoms with Crippen molar-refractivity contribution in [1.82, 2.24) is 15.0 Å². The zero-order chi connectivity index (χ0) is 15.2. The smallest absolute Gasteiger partial charge is 0.323 e. The molecule has 1 saturated heterocycles. The molecule has 0 unspecified atom stereocenters. The number of nitrogens with zero attached hydrogens (tertiary/aromatic N) is 4. The Kier molecular flexibility index (Phi) is 5.13. The van der Waals surface area contributed by atoms with E-state index in [1.807, 2.05) is 6.92 Å². The van der Waals surface area contributed by atoms with E-state index >= 15 is 0 Å². The van der Waals surface area contributed by atoms with Crippen LogP contribution in [0.3, 0.4) is 0 Å². The van der Waals surface area contributed by atoms with E-state index in [2.05, 4.69) is 25.2 Å². The Hall–Kier alpha value is -2.12. The molecule has 1 aliphatic heterocycles. The minimum Gasteiger partial charge on any atom is -0.464 e. The molecule has 0 spiro atoms. The van der Waals surface area contributed by atoms with Gasteiger partial charge in [-0.25, -0.2) is 0 Å². The average Bonchev–Trinajstić information content (AvgIpc) is 2.47. The lowest BCUT2D eigenvalue weighted by molar-refractivity contribution is -0.119. The second kappa shape index (κ2) is 7.05. The largest absolute Gasteiger partial charge is 0.464 e. The van der Waals surface area contributed by atoms with E-state index in [4.69, 9.17) is 10.5 Å². The first-order chi connectivity index (χ1) is 10.1. The van der Waals surface area contributed by atoms with Gasteiger partial charge in [-0.15, -0.1) is 0 Å². The summed E-state index contributed by atoms with van der Waals surface area (Å²) in [7, 11) is 1.76. The van der Waals surface area contributed by atoms with Gasteiger partial charge in [-0.05, 0) is 25.7 Å². The normalized spacial score (nSPS) is 15.8. The van der Waals surface area contributed by atoms with Gasteiger partial charge < -0.3 is 20.7 Å². The average molecular weight is 294 g/mol. The molecule has 0 bridgehead atoms. The quantitative estimate of drug-likeness (QED) is 0.782. The van der Waals surface area contributed by atoms with E-state index in [1.165, 1.54) is 0 Å². The van der Waals surface area contributed by atoms with E-state index in [1.54, 1.807) is 7.05 Å². The van der Waals surface area contributed by atoms with Crippen molar-refractivity contribution in [3.8, 4) is 6.01 Å². The van der Waals surface area contributed by atoms with Crippen LogP contribution in [0, 0.1) is 5.92 Å². The second-order valence-electron chi connectivity index (χ2n) is 5.03. The Morgan fingerprint density at radius 3 is 2.67 bits per heavy atom. The lowest BCUT2D eigenvalue weighted by atomic mass is 9.93. The third-order valence-electron chi connectivity index (χ3n) is 3.49. The Bertz CT molecular complexity index is 488. The van der Waals surface area contributed by atoms with E-state index < -0.39 is 0 Å². The number of ether oxygens (including phenoxy) is 1. The van der Waals surface area contributed by atoms with Gasteiger partial charge in [-0.2, -0.15) is 15.0 Å². The van der Waals surface area contributed by atoms with Gasteiger partial charge >= 0.3 is 6.01 Å². The van der Waals surface area contributed by atoms with Gasteiger partial charge in [0.1, 0.15) is 0 Å². The summed E-state index contributed by atoms with van der Waals surface area (Å²) in [6.45, 7) is 4.00. The van der Waals surface area contributed by atoms with Crippen LogP contribution in [-0.2, 0) is 4.79 Å². The number of hydrogen-bond donors (Lipinski definition) is 2. The molecule has 3 N–H and O–H groups in total. The van der Waals surface area contributed by atoms with Crippen LogP contribution in [-0.4, -0.2) is 47.6 Å². The first-order valence-electron chi connectivity index (χ1n) is 7.22. The Morgan fingerprint density at radius 2 is 2.10 bits per heavy atom. The molecule has 8 heteroatoms. The number of rotatable bonds is 6. The molecule has 2 rings (SSSR count). The van der Waals surface area contributed by atoms with Crippen molar-refractivity contribution in [2.45, 2.75) is 26.2 Å². The van der Waals surface area contributed by atoms with Gasteiger partial charge in [0.2, 0.25) is 17.8 Å². The van der Waals surface area contributed by atoms with E-state index in [9.17, 15) is 4.79 Å². The molecule has 116 valence electrons. The fourth-order valence-electron chi connectivity index (χ4n) is 2.41. The van der Waals surface area contributed by atoms with Gasteiger partial charge in [0.15, 0.2) is 0 Å². The molecule has 1 fully saturated rings. The van der Waals surface area contributed by atoms with Crippen LogP contribution < -0.4 is 20.7 Å². The number of primary amides is 1. The third-order valence-corrected chi connectivity index (χ3v) is 3.49. The molecule has 0 atom stereocenters. The van der Waals surface area contributed by atoms with Crippen molar-refractivity contribution in [2.75, 3.05) is 37.0 Å². The lowest BCUT2D eigenvalue weighted by Crippen LogP contribution is -2.36. The number of anilines is 2. The van der Waals surface area contributed by atoms with Crippen LogP contribution in [0.5, 0.6) is 6.01 Å². The summed E-state index contributed by atoms with van der Waals surface area (Å²) >= 11 is 0.